The minimum absolute atomic E-state index is 0.0966. The molecule has 0 aliphatic carbocycles. The molecule has 1 aromatic heterocycles. The molecular formula is C10H7BrN2O4. The number of aromatic amines is 1. The van der Waals surface area contributed by atoms with Crippen LogP contribution in [0.15, 0.2) is 22.8 Å². The highest BCUT2D eigenvalue weighted by Gasteiger charge is 2.21. The first-order chi connectivity index (χ1) is 8.00. The van der Waals surface area contributed by atoms with E-state index in [2.05, 4.69) is 20.9 Å². The lowest BCUT2D eigenvalue weighted by molar-refractivity contribution is -0.383. The van der Waals surface area contributed by atoms with Crippen LogP contribution in [-0.4, -0.2) is 21.0 Å². The standard InChI is InChI=1S/C10H7BrN2O4/c11-10-5(4-8(14)15)9-6(12-10)2-1-3-7(9)13(16)17/h1-3,12H,4H2,(H,14,15). The number of aliphatic carboxylic acids is 1. The van der Waals surface area contributed by atoms with Crippen LogP contribution in [-0.2, 0) is 11.2 Å². The highest BCUT2D eigenvalue weighted by molar-refractivity contribution is 9.10. The zero-order valence-electron chi connectivity index (χ0n) is 8.44. The molecule has 0 amide bonds. The van der Waals surface area contributed by atoms with Gasteiger partial charge in [-0.2, -0.15) is 0 Å². The summed E-state index contributed by atoms with van der Waals surface area (Å²) < 4.78 is 0.462. The van der Waals surface area contributed by atoms with Gasteiger partial charge in [-0.15, -0.1) is 0 Å². The van der Waals surface area contributed by atoms with Gasteiger partial charge in [0.15, 0.2) is 0 Å². The van der Waals surface area contributed by atoms with Gasteiger partial charge in [-0.1, -0.05) is 6.07 Å². The summed E-state index contributed by atoms with van der Waals surface area (Å²) in [6, 6.07) is 4.57. The summed E-state index contributed by atoms with van der Waals surface area (Å²) in [6.07, 6.45) is -0.272. The fourth-order valence-corrected chi connectivity index (χ4v) is 2.29. The van der Waals surface area contributed by atoms with Crippen LogP contribution in [0.2, 0.25) is 0 Å². The van der Waals surface area contributed by atoms with E-state index in [9.17, 15) is 14.9 Å². The highest BCUT2D eigenvalue weighted by Crippen LogP contribution is 2.33. The maximum Gasteiger partial charge on any atom is 0.307 e. The van der Waals surface area contributed by atoms with Crippen molar-refractivity contribution in [3.05, 3.63) is 38.5 Å². The van der Waals surface area contributed by atoms with Crippen LogP contribution in [0.25, 0.3) is 10.9 Å². The Morgan fingerprint density at radius 2 is 2.24 bits per heavy atom. The second kappa shape index (κ2) is 4.17. The molecule has 0 saturated heterocycles. The van der Waals surface area contributed by atoms with Crippen LogP contribution in [0, 0.1) is 10.1 Å². The zero-order chi connectivity index (χ0) is 12.6. The molecule has 0 saturated carbocycles. The number of rotatable bonds is 3. The molecule has 2 rings (SSSR count). The molecule has 0 bridgehead atoms. The number of non-ortho nitro benzene ring substituents is 1. The number of nitro groups is 1. The fourth-order valence-electron chi connectivity index (χ4n) is 1.73. The Bertz CT molecular complexity index is 620. The van der Waals surface area contributed by atoms with Crippen molar-refractivity contribution in [3.63, 3.8) is 0 Å². The number of fused-ring (bicyclic) bond motifs is 1. The maximum absolute atomic E-state index is 10.9. The van der Waals surface area contributed by atoms with Gasteiger partial charge in [-0.05, 0) is 22.0 Å². The van der Waals surface area contributed by atoms with Crippen LogP contribution < -0.4 is 0 Å². The predicted octanol–water partition coefficient (Wildman–Crippen LogP) is 2.47. The first-order valence-electron chi connectivity index (χ1n) is 4.66. The summed E-state index contributed by atoms with van der Waals surface area (Å²) in [5, 5.41) is 20.0. The number of aromatic nitrogens is 1. The number of hydrogen-bond acceptors (Lipinski definition) is 3. The molecule has 1 heterocycles. The second-order valence-electron chi connectivity index (χ2n) is 3.44. The topological polar surface area (TPSA) is 96.2 Å². The fraction of sp³-hybridized carbons (Fsp3) is 0.100. The van der Waals surface area contributed by atoms with Crippen molar-refractivity contribution in [2.45, 2.75) is 6.42 Å². The van der Waals surface area contributed by atoms with Crippen molar-refractivity contribution in [2.75, 3.05) is 0 Å². The second-order valence-corrected chi connectivity index (χ2v) is 4.24. The van der Waals surface area contributed by atoms with Crippen LogP contribution >= 0.6 is 15.9 Å². The number of halogens is 1. The Labute approximate surface area is 104 Å². The summed E-state index contributed by atoms with van der Waals surface area (Å²) in [4.78, 5) is 24.0. The number of nitrogens with zero attached hydrogens (tertiary/aromatic N) is 1. The van der Waals surface area contributed by atoms with Gasteiger partial charge >= 0.3 is 5.97 Å². The quantitative estimate of drug-likeness (QED) is 0.672. The third-order valence-corrected chi connectivity index (χ3v) is 3.06. The molecule has 0 aliphatic heterocycles. The Balaban J connectivity index is 2.77. The summed E-state index contributed by atoms with van der Waals surface area (Å²) >= 11 is 3.18. The van der Waals surface area contributed by atoms with E-state index in [1.807, 2.05) is 0 Å². The lowest BCUT2D eigenvalue weighted by Crippen LogP contribution is -2.00. The minimum Gasteiger partial charge on any atom is -0.481 e. The van der Waals surface area contributed by atoms with Crippen molar-refractivity contribution in [2.24, 2.45) is 0 Å². The van der Waals surface area contributed by atoms with Gasteiger partial charge in [-0.25, -0.2) is 0 Å². The van der Waals surface area contributed by atoms with E-state index in [1.54, 1.807) is 12.1 Å². The lowest BCUT2D eigenvalue weighted by Gasteiger charge is -1.97. The number of benzene rings is 1. The molecule has 7 heteroatoms. The monoisotopic (exact) mass is 298 g/mol. The van der Waals surface area contributed by atoms with Gasteiger partial charge in [0.05, 0.1) is 26.9 Å². The van der Waals surface area contributed by atoms with E-state index >= 15 is 0 Å². The molecule has 2 N–H and O–H groups in total. The van der Waals surface area contributed by atoms with Crippen molar-refractivity contribution >= 4 is 38.5 Å². The van der Waals surface area contributed by atoms with Crippen molar-refractivity contribution in [1.29, 1.82) is 0 Å². The number of carbonyl (C=O) groups is 1. The number of carboxylic acid groups (broad SMARTS) is 1. The number of nitro benzene ring substituents is 1. The molecule has 0 radical (unpaired) electrons. The maximum atomic E-state index is 10.9. The van der Waals surface area contributed by atoms with E-state index in [0.717, 1.165) is 0 Å². The van der Waals surface area contributed by atoms with Crippen molar-refractivity contribution < 1.29 is 14.8 Å². The molecule has 17 heavy (non-hydrogen) atoms. The number of nitrogens with one attached hydrogen (secondary N) is 1. The van der Waals surface area contributed by atoms with E-state index in [4.69, 9.17) is 5.11 Å². The van der Waals surface area contributed by atoms with E-state index in [-0.39, 0.29) is 12.1 Å². The normalized spacial score (nSPS) is 10.6. The summed E-state index contributed by atoms with van der Waals surface area (Å²) in [6.45, 7) is 0. The van der Waals surface area contributed by atoms with Crippen LogP contribution in [0.5, 0.6) is 0 Å². The van der Waals surface area contributed by atoms with Crippen LogP contribution in [0.1, 0.15) is 5.56 Å². The highest BCUT2D eigenvalue weighted by atomic mass is 79.9. The van der Waals surface area contributed by atoms with E-state index < -0.39 is 10.9 Å². The van der Waals surface area contributed by atoms with E-state index in [1.165, 1.54) is 6.07 Å². The van der Waals surface area contributed by atoms with E-state index in [0.29, 0.717) is 21.1 Å². The van der Waals surface area contributed by atoms with Crippen molar-refractivity contribution in [1.82, 2.24) is 4.98 Å². The third-order valence-electron chi connectivity index (χ3n) is 2.38. The van der Waals surface area contributed by atoms with Gasteiger partial charge in [0.25, 0.3) is 5.69 Å². The summed E-state index contributed by atoms with van der Waals surface area (Å²) in [7, 11) is 0. The average Bonchev–Trinajstić information content (AvgIpc) is 2.54. The first kappa shape index (κ1) is 11.6. The Hall–Kier alpha value is -1.89. The van der Waals surface area contributed by atoms with Gasteiger partial charge in [0, 0.05) is 11.6 Å². The number of carboxylic acids is 1. The molecule has 2 aromatic rings. The molecule has 1 aromatic carbocycles. The lowest BCUT2D eigenvalue weighted by atomic mass is 10.1. The summed E-state index contributed by atoms with van der Waals surface area (Å²) in [5.74, 6) is -1.04. The zero-order valence-corrected chi connectivity index (χ0v) is 10.0. The van der Waals surface area contributed by atoms with Gasteiger partial charge < -0.3 is 10.1 Å². The molecule has 88 valence electrons. The number of hydrogen-bond donors (Lipinski definition) is 2. The molecule has 6 nitrogen and oxygen atoms in total. The molecular weight excluding hydrogens is 292 g/mol. The van der Waals surface area contributed by atoms with Crippen LogP contribution in [0.3, 0.4) is 0 Å². The Kier molecular flexibility index (Phi) is 2.84. The Morgan fingerprint density at radius 1 is 1.53 bits per heavy atom. The average molecular weight is 299 g/mol. The van der Waals surface area contributed by atoms with Crippen LogP contribution in [0.4, 0.5) is 5.69 Å². The SMILES string of the molecule is O=C(O)Cc1c(Br)[nH]c2cccc([N+](=O)[O-])c12. The molecule has 0 atom stereocenters. The molecule has 0 fully saturated rings. The van der Waals surface area contributed by atoms with Gasteiger partial charge in [-0.3, -0.25) is 14.9 Å². The molecule has 0 unspecified atom stereocenters. The smallest absolute Gasteiger partial charge is 0.307 e. The predicted molar refractivity (Wildman–Crippen MR) is 64.0 cm³/mol. The largest absolute Gasteiger partial charge is 0.481 e. The third kappa shape index (κ3) is 2.01. The minimum atomic E-state index is -1.04. The van der Waals surface area contributed by atoms with Crippen molar-refractivity contribution in [3.8, 4) is 0 Å². The molecule has 0 aliphatic rings. The first-order valence-corrected chi connectivity index (χ1v) is 5.45. The number of H-pyrrole nitrogens is 1. The van der Waals surface area contributed by atoms with Gasteiger partial charge in [0.1, 0.15) is 0 Å². The van der Waals surface area contributed by atoms with Gasteiger partial charge in [0.2, 0.25) is 0 Å². The Morgan fingerprint density at radius 3 is 2.82 bits per heavy atom. The summed E-state index contributed by atoms with van der Waals surface area (Å²) in [5.41, 5.74) is 0.836. The molecule has 0 spiro atoms.